The van der Waals surface area contributed by atoms with Crippen molar-refractivity contribution in [2.45, 2.75) is 0 Å². The van der Waals surface area contributed by atoms with E-state index in [0.29, 0.717) is 22.3 Å². The van der Waals surface area contributed by atoms with Crippen LogP contribution in [-0.2, 0) is 25.8 Å². The van der Waals surface area contributed by atoms with Crippen LogP contribution in [0.15, 0.2) is 133 Å². The molecule has 0 radical (unpaired) electrons. The van der Waals surface area contributed by atoms with Crippen molar-refractivity contribution in [3.8, 4) is 0 Å². The van der Waals surface area contributed by atoms with Gasteiger partial charge in [0, 0.05) is 37.0 Å². The third-order valence-corrected chi connectivity index (χ3v) is 4.83. The zero-order valence-corrected chi connectivity index (χ0v) is 22.6. The van der Waals surface area contributed by atoms with Gasteiger partial charge in [0.2, 0.25) is 0 Å². The fourth-order valence-electron chi connectivity index (χ4n) is 3.03. The average Bonchev–Trinajstić information content (AvgIpc) is 2.91. The molecule has 0 atom stereocenters. The maximum absolute atomic E-state index is 9.83. The zero-order chi connectivity index (χ0) is 24.2. The van der Waals surface area contributed by atoms with E-state index in [0.717, 1.165) is 0 Å². The fraction of sp³-hybridized carbons (Fsp3) is 0. The largest absolute Gasteiger partial charge is 0.507 e. The van der Waals surface area contributed by atoms with Gasteiger partial charge in [-0.3, -0.25) is 9.59 Å². The van der Waals surface area contributed by atoms with E-state index in [-0.39, 0.29) is 48.9 Å². The van der Waals surface area contributed by atoms with Crippen molar-refractivity contribution >= 4 is 23.1 Å². The molecule has 5 heteroatoms. The van der Waals surface area contributed by atoms with Gasteiger partial charge in [0.1, 0.15) is 11.5 Å². The first-order valence-corrected chi connectivity index (χ1v) is 10.7. The maximum Gasteiger partial charge on any atom is 0.350 e. The smallest absolute Gasteiger partial charge is 0.350 e. The minimum Gasteiger partial charge on any atom is -0.507 e. The van der Waals surface area contributed by atoms with E-state index >= 15 is 0 Å². The Labute approximate surface area is 223 Å². The van der Waals surface area contributed by atoms with E-state index < -0.39 is 0 Å². The number of rotatable bonds is 6. The summed E-state index contributed by atoms with van der Waals surface area (Å²) in [4.78, 5) is 19.7. The number of hydrogen-bond donors (Lipinski definition) is 2. The summed E-state index contributed by atoms with van der Waals surface area (Å²) in [7, 11) is 0. The first-order chi connectivity index (χ1) is 16.5. The maximum atomic E-state index is 9.83. The molecule has 0 amide bonds. The van der Waals surface area contributed by atoms with E-state index in [9.17, 15) is 19.8 Å². The van der Waals surface area contributed by atoms with Crippen molar-refractivity contribution in [3.63, 3.8) is 0 Å². The molecule has 4 N–H and O–H groups in total. The molecule has 0 saturated heterocycles. The van der Waals surface area contributed by atoms with Gasteiger partial charge in [-0.05, 0) is 24.3 Å². The second kappa shape index (κ2) is 14.4. The van der Waals surface area contributed by atoms with E-state index in [1.54, 1.807) is 48.5 Å². The zero-order valence-electron chi connectivity index (χ0n) is 19.0. The molecular weight excluding hydrogens is 603 g/mol. The van der Waals surface area contributed by atoms with Crippen molar-refractivity contribution in [2.24, 2.45) is 0 Å². The molecular formula is C30H26HfO4+2. The molecule has 0 aliphatic carbocycles. The van der Waals surface area contributed by atoms with Crippen LogP contribution in [0.1, 0.15) is 22.3 Å². The Bertz CT molecular complexity index is 1160. The number of carbonyl (C=O) groups excluding carboxylic acids is 2. The molecule has 0 aliphatic heterocycles. The predicted molar refractivity (Wildman–Crippen MR) is 139 cm³/mol. The first kappa shape index (κ1) is 27.4. The van der Waals surface area contributed by atoms with Crippen LogP contribution < -0.4 is 0 Å². The van der Waals surface area contributed by atoms with Crippen LogP contribution >= 0.6 is 0 Å². The molecule has 4 rings (SSSR count). The summed E-state index contributed by atoms with van der Waals surface area (Å²) in [5.74, 6) is 0.192. The van der Waals surface area contributed by atoms with Gasteiger partial charge in [-0.15, -0.1) is 0 Å². The van der Waals surface area contributed by atoms with E-state index in [2.05, 4.69) is 0 Å². The Kier molecular flexibility index (Phi) is 11.3. The van der Waals surface area contributed by atoms with Crippen molar-refractivity contribution in [2.75, 3.05) is 0 Å². The van der Waals surface area contributed by atoms with Crippen LogP contribution in [0, 0.1) is 0 Å². The summed E-state index contributed by atoms with van der Waals surface area (Å²) in [6, 6.07) is 36.4. The first-order valence-electron chi connectivity index (χ1n) is 10.7. The number of ketones is 2. The molecule has 172 valence electrons. The summed E-state index contributed by atoms with van der Waals surface area (Å²) >= 11 is 0. The second-order valence-corrected chi connectivity index (χ2v) is 7.29. The van der Waals surface area contributed by atoms with Crippen LogP contribution in [0.4, 0.5) is 0 Å². The molecule has 0 aromatic heterocycles. The van der Waals surface area contributed by atoms with Crippen LogP contribution in [0.25, 0.3) is 11.5 Å². The molecule has 0 fully saturated rings. The van der Waals surface area contributed by atoms with E-state index in [1.165, 1.54) is 12.2 Å². The fourth-order valence-corrected chi connectivity index (χ4v) is 3.03. The molecule has 0 saturated carbocycles. The topological polar surface area (TPSA) is 83.3 Å². The summed E-state index contributed by atoms with van der Waals surface area (Å²) in [6.07, 6.45) is 2.70. The number of aliphatic hydroxyl groups is 2. The van der Waals surface area contributed by atoms with Gasteiger partial charge in [-0.2, -0.15) is 0 Å². The Balaban J connectivity index is 0.000000240. The van der Waals surface area contributed by atoms with Crippen molar-refractivity contribution in [1.29, 1.82) is 0 Å². The van der Waals surface area contributed by atoms with Gasteiger partial charge < -0.3 is 10.2 Å². The van der Waals surface area contributed by atoms with Gasteiger partial charge in [0.05, 0.1) is 23.3 Å². The minimum absolute atomic E-state index is 0. The molecule has 0 aliphatic rings. The SMILES string of the molecule is O/C(=C\C(=[OH+])c1ccccc1)c1ccccc1.O/C(=C\C(=[OH+])c1ccccc1)c1ccccc1.[Hf]. The number of allylic oxidation sites excluding steroid dienone is 2. The molecule has 4 nitrogen and oxygen atoms in total. The average molecular weight is 629 g/mol. The molecule has 4 aromatic rings. The molecule has 35 heavy (non-hydrogen) atoms. The van der Waals surface area contributed by atoms with E-state index in [1.807, 2.05) is 72.8 Å². The molecule has 0 spiro atoms. The van der Waals surface area contributed by atoms with Gasteiger partial charge in [-0.1, -0.05) is 97.1 Å². The Hall–Kier alpha value is -3.83. The molecule has 4 aromatic carbocycles. The number of benzene rings is 4. The number of aliphatic hydroxyl groups excluding tert-OH is 2. The second-order valence-electron chi connectivity index (χ2n) is 7.29. The Morgan fingerprint density at radius 3 is 0.914 bits per heavy atom. The molecule has 0 heterocycles. The summed E-state index contributed by atoms with van der Waals surface area (Å²) in [5, 5.41) is 19.7. The Morgan fingerprint density at radius 1 is 0.429 bits per heavy atom. The summed E-state index contributed by atoms with van der Waals surface area (Å²) < 4.78 is 0. The summed E-state index contributed by atoms with van der Waals surface area (Å²) in [6.45, 7) is 0. The van der Waals surface area contributed by atoms with Crippen LogP contribution in [-0.4, -0.2) is 31.4 Å². The molecule has 0 unspecified atom stereocenters. The summed E-state index contributed by atoms with van der Waals surface area (Å²) in [5.41, 5.74) is 2.70. The van der Waals surface area contributed by atoms with Gasteiger partial charge in [0.15, 0.2) is 0 Å². The normalized spacial score (nSPS) is 10.9. The quantitative estimate of drug-likeness (QED) is 0.0857. The standard InChI is InChI=1S/2C15H12O2.Hf/c2*16-14(12-7-3-1-4-8-12)11-15(17)13-9-5-2-6-10-13;/h2*1-11,16H;/p+2/b2*14-11-;. The van der Waals surface area contributed by atoms with Crippen molar-refractivity contribution in [3.05, 3.63) is 156 Å². The van der Waals surface area contributed by atoms with Gasteiger partial charge in [0.25, 0.3) is 0 Å². The predicted octanol–water partition coefficient (Wildman–Crippen LogP) is 6.35. The van der Waals surface area contributed by atoms with Gasteiger partial charge >= 0.3 is 11.6 Å². The number of hydrogen-bond acceptors (Lipinski definition) is 2. The molecule has 0 bridgehead atoms. The monoisotopic (exact) mass is 630 g/mol. The third-order valence-electron chi connectivity index (χ3n) is 4.83. The van der Waals surface area contributed by atoms with E-state index in [4.69, 9.17) is 0 Å². The third kappa shape index (κ3) is 8.80. The Morgan fingerprint density at radius 2 is 0.657 bits per heavy atom. The van der Waals surface area contributed by atoms with Crippen molar-refractivity contribution in [1.82, 2.24) is 0 Å². The van der Waals surface area contributed by atoms with Crippen LogP contribution in [0.3, 0.4) is 0 Å². The minimum atomic E-state index is 0. The van der Waals surface area contributed by atoms with Crippen LogP contribution in [0.5, 0.6) is 0 Å². The van der Waals surface area contributed by atoms with Crippen molar-refractivity contribution < 1.29 is 45.6 Å². The van der Waals surface area contributed by atoms with Crippen LogP contribution in [0.2, 0.25) is 0 Å². The van der Waals surface area contributed by atoms with Gasteiger partial charge in [-0.25, -0.2) is 0 Å².